The first kappa shape index (κ1) is 20.8. The Balaban J connectivity index is 1.62. The van der Waals surface area contributed by atoms with Crippen molar-refractivity contribution >= 4 is 39.1 Å². The van der Waals surface area contributed by atoms with Crippen LogP contribution in [0, 0.1) is 5.41 Å². The minimum absolute atomic E-state index is 0.184. The van der Waals surface area contributed by atoms with Crippen molar-refractivity contribution in [3.8, 4) is 5.75 Å². The van der Waals surface area contributed by atoms with Crippen LogP contribution in [0.4, 0.5) is 0 Å². The molecule has 0 bridgehead atoms. The van der Waals surface area contributed by atoms with Crippen molar-refractivity contribution in [3.63, 3.8) is 0 Å². The minimum Gasteiger partial charge on any atom is -0.496 e. The Kier molecular flexibility index (Phi) is 7.09. The van der Waals surface area contributed by atoms with E-state index in [4.69, 9.17) is 10.1 Å². The molecule has 1 amide bonds. The van der Waals surface area contributed by atoms with Gasteiger partial charge in [-0.1, -0.05) is 15.9 Å². The molecule has 0 radical (unpaired) electrons. The van der Waals surface area contributed by atoms with Crippen molar-refractivity contribution in [3.05, 3.63) is 50.1 Å². The summed E-state index contributed by atoms with van der Waals surface area (Å²) in [5, 5.41) is 12.9. The standard InChI is InChI=1S/C20H25BrN4O2S/c1-24-8-10-25(11-9-24)20(22)23-19(26)16-7-12-28-18(16)6-3-14-13-15(21)4-5-17(14)27-2/h4-5,7,12-13H,3,6,8-11H2,1-2H3,(H2,22,23,26). The molecule has 0 saturated carbocycles. The summed E-state index contributed by atoms with van der Waals surface area (Å²) in [4.78, 5) is 17.9. The molecule has 2 aromatic rings. The highest BCUT2D eigenvalue weighted by Gasteiger charge is 2.20. The van der Waals surface area contributed by atoms with Crippen LogP contribution in [0.3, 0.4) is 0 Å². The molecule has 28 heavy (non-hydrogen) atoms. The maximum Gasteiger partial charge on any atom is 0.259 e. The number of benzene rings is 1. The van der Waals surface area contributed by atoms with Gasteiger partial charge in [0.1, 0.15) is 5.75 Å². The molecule has 6 nitrogen and oxygen atoms in total. The predicted octanol–water partition coefficient (Wildman–Crippen LogP) is 3.22. The number of thiophene rings is 1. The summed E-state index contributed by atoms with van der Waals surface area (Å²) < 4.78 is 6.45. The lowest BCUT2D eigenvalue weighted by molar-refractivity contribution is 0.0968. The van der Waals surface area contributed by atoms with E-state index < -0.39 is 0 Å². The van der Waals surface area contributed by atoms with Crippen LogP contribution in [0.1, 0.15) is 20.8 Å². The number of methoxy groups -OCH3 is 1. The van der Waals surface area contributed by atoms with Gasteiger partial charge in [-0.15, -0.1) is 11.3 Å². The summed E-state index contributed by atoms with van der Waals surface area (Å²) in [6.45, 7) is 3.32. The van der Waals surface area contributed by atoms with Gasteiger partial charge in [-0.25, -0.2) is 0 Å². The zero-order valence-corrected chi connectivity index (χ0v) is 18.5. The number of aryl methyl sites for hydroxylation is 2. The SMILES string of the molecule is COc1ccc(Br)cc1CCc1sccc1C(=O)NC(=N)N1CCN(C)CC1. The average molecular weight is 465 g/mol. The molecule has 1 aliphatic heterocycles. The van der Waals surface area contributed by atoms with E-state index in [2.05, 4.69) is 39.3 Å². The molecule has 150 valence electrons. The van der Waals surface area contributed by atoms with E-state index in [0.29, 0.717) is 5.56 Å². The summed E-state index contributed by atoms with van der Waals surface area (Å²) in [6, 6.07) is 7.79. The van der Waals surface area contributed by atoms with Gasteiger partial charge in [-0.3, -0.25) is 15.5 Å². The summed E-state index contributed by atoms with van der Waals surface area (Å²) in [5.41, 5.74) is 1.75. The summed E-state index contributed by atoms with van der Waals surface area (Å²) in [6.07, 6.45) is 1.52. The molecule has 1 saturated heterocycles. The highest BCUT2D eigenvalue weighted by Crippen LogP contribution is 2.26. The monoisotopic (exact) mass is 464 g/mol. The number of piperazine rings is 1. The summed E-state index contributed by atoms with van der Waals surface area (Å²) >= 11 is 5.08. The average Bonchev–Trinajstić information content (AvgIpc) is 3.15. The number of carbonyl (C=O) groups excluding carboxylic acids is 1. The van der Waals surface area contributed by atoms with E-state index in [0.717, 1.165) is 59.7 Å². The van der Waals surface area contributed by atoms with Crippen molar-refractivity contribution in [2.24, 2.45) is 0 Å². The molecule has 3 rings (SSSR count). The Labute approximate surface area is 178 Å². The second-order valence-electron chi connectivity index (χ2n) is 6.81. The first-order valence-corrected chi connectivity index (χ1v) is 10.9. The Morgan fingerprint density at radius 1 is 1.25 bits per heavy atom. The molecule has 1 fully saturated rings. The van der Waals surface area contributed by atoms with E-state index in [9.17, 15) is 4.79 Å². The molecular weight excluding hydrogens is 440 g/mol. The van der Waals surface area contributed by atoms with Crippen LogP contribution < -0.4 is 10.1 Å². The fourth-order valence-electron chi connectivity index (χ4n) is 3.21. The number of nitrogens with one attached hydrogen (secondary N) is 2. The van der Waals surface area contributed by atoms with Gasteiger partial charge in [0.15, 0.2) is 5.96 Å². The quantitative estimate of drug-likeness (QED) is 0.526. The van der Waals surface area contributed by atoms with Gasteiger partial charge in [-0.05, 0) is 55.1 Å². The van der Waals surface area contributed by atoms with E-state index in [1.54, 1.807) is 18.4 Å². The Morgan fingerprint density at radius 2 is 2.00 bits per heavy atom. The van der Waals surface area contributed by atoms with Gasteiger partial charge < -0.3 is 14.5 Å². The molecule has 0 atom stereocenters. The van der Waals surface area contributed by atoms with Crippen molar-refractivity contribution in [1.82, 2.24) is 15.1 Å². The van der Waals surface area contributed by atoms with Crippen LogP contribution >= 0.6 is 27.3 Å². The third kappa shape index (κ3) is 5.12. The molecule has 0 spiro atoms. The number of guanidine groups is 1. The Morgan fingerprint density at radius 3 is 2.71 bits per heavy atom. The maximum absolute atomic E-state index is 12.7. The lowest BCUT2D eigenvalue weighted by atomic mass is 10.1. The number of halogens is 1. The molecule has 2 heterocycles. The van der Waals surface area contributed by atoms with Crippen molar-refractivity contribution in [2.45, 2.75) is 12.8 Å². The van der Waals surface area contributed by atoms with E-state index in [1.807, 2.05) is 28.5 Å². The third-order valence-electron chi connectivity index (χ3n) is 4.91. The van der Waals surface area contributed by atoms with Crippen LogP contribution in [-0.4, -0.2) is 62.0 Å². The number of hydrogen-bond donors (Lipinski definition) is 2. The fraction of sp³-hybridized carbons (Fsp3) is 0.400. The van der Waals surface area contributed by atoms with Crippen molar-refractivity contribution in [1.29, 1.82) is 5.41 Å². The number of ether oxygens (including phenoxy) is 1. The fourth-order valence-corrected chi connectivity index (χ4v) is 4.50. The van der Waals surface area contributed by atoms with Gasteiger partial charge >= 0.3 is 0 Å². The van der Waals surface area contributed by atoms with Gasteiger partial charge in [-0.2, -0.15) is 0 Å². The molecule has 2 N–H and O–H groups in total. The third-order valence-corrected chi connectivity index (χ3v) is 6.38. The van der Waals surface area contributed by atoms with Gasteiger partial charge in [0.25, 0.3) is 5.91 Å². The zero-order chi connectivity index (χ0) is 20.1. The number of amides is 1. The van der Waals surface area contributed by atoms with Crippen molar-refractivity contribution in [2.75, 3.05) is 40.3 Å². The van der Waals surface area contributed by atoms with E-state index in [-0.39, 0.29) is 11.9 Å². The molecular formula is C20H25BrN4O2S. The number of likely N-dealkylation sites (N-methyl/N-ethyl adjacent to an activating group) is 1. The number of nitrogens with zero attached hydrogens (tertiary/aromatic N) is 2. The molecule has 1 aromatic heterocycles. The Hall–Kier alpha value is -1.90. The topological polar surface area (TPSA) is 68.7 Å². The predicted molar refractivity (Wildman–Crippen MR) is 117 cm³/mol. The maximum atomic E-state index is 12.7. The molecule has 1 aliphatic rings. The van der Waals surface area contributed by atoms with E-state index in [1.165, 1.54) is 0 Å². The van der Waals surface area contributed by atoms with Crippen LogP contribution in [-0.2, 0) is 12.8 Å². The molecule has 1 aromatic carbocycles. The smallest absolute Gasteiger partial charge is 0.259 e. The van der Waals surface area contributed by atoms with E-state index >= 15 is 0 Å². The lowest BCUT2D eigenvalue weighted by Crippen LogP contribution is -2.52. The number of carbonyl (C=O) groups is 1. The number of rotatable bonds is 5. The highest BCUT2D eigenvalue weighted by atomic mass is 79.9. The lowest BCUT2D eigenvalue weighted by Gasteiger charge is -2.33. The molecule has 0 aliphatic carbocycles. The summed E-state index contributed by atoms with van der Waals surface area (Å²) in [7, 11) is 3.73. The minimum atomic E-state index is -0.207. The number of hydrogen-bond acceptors (Lipinski definition) is 5. The highest BCUT2D eigenvalue weighted by molar-refractivity contribution is 9.10. The molecule has 0 unspecified atom stereocenters. The summed E-state index contributed by atoms with van der Waals surface area (Å²) in [5.74, 6) is 0.827. The van der Waals surface area contributed by atoms with Gasteiger partial charge in [0.05, 0.1) is 12.7 Å². The molecule has 8 heteroatoms. The van der Waals surface area contributed by atoms with Crippen LogP contribution in [0.15, 0.2) is 34.1 Å². The first-order chi connectivity index (χ1) is 13.5. The van der Waals surface area contributed by atoms with Gasteiger partial charge in [0, 0.05) is 35.5 Å². The largest absolute Gasteiger partial charge is 0.496 e. The van der Waals surface area contributed by atoms with Crippen LogP contribution in [0.5, 0.6) is 5.75 Å². The van der Waals surface area contributed by atoms with Crippen LogP contribution in [0.2, 0.25) is 0 Å². The van der Waals surface area contributed by atoms with Gasteiger partial charge in [0.2, 0.25) is 0 Å². The normalized spacial score (nSPS) is 14.8. The second kappa shape index (κ2) is 9.54. The Bertz CT molecular complexity index is 846. The van der Waals surface area contributed by atoms with Crippen LogP contribution in [0.25, 0.3) is 0 Å². The second-order valence-corrected chi connectivity index (χ2v) is 8.72. The first-order valence-electron chi connectivity index (χ1n) is 9.20. The zero-order valence-electron chi connectivity index (χ0n) is 16.1. The van der Waals surface area contributed by atoms with Crippen molar-refractivity contribution < 1.29 is 9.53 Å².